The van der Waals surface area contributed by atoms with Gasteiger partial charge in [0.1, 0.15) is 11.3 Å². The van der Waals surface area contributed by atoms with Crippen LogP contribution in [-0.4, -0.2) is 25.9 Å². The normalized spacial score (nSPS) is 11.0. The maximum absolute atomic E-state index is 12.6. The largest absolute Gasteiger partial charge is 0.438 e. The molecule has 156 valence electrons. The summed E-state index contributed by atoms with van der Waals surface area (Å²) < 4.78 is 34.3. The second-order valence-corrected chi connectivity index (χ2v) is 8.90. The molecule has 2 N–H and O–H groups in total. The molecule has 0 aliphatic heterocycles. The van der Waals surface area contributed by atoms with E-state index >= 15 is 0 Å². The highest BCUT2D eigenvalue weighted by atomic mass is 79.9. The van der Waals surface area contributed by atoms with Crippen LogP contribution in [0.3, 0.4) is 0 Å². The summed E-state index contributed by atoms with van der Waals surface area (Å²) in [6.07, 6.45) is 2.33. The van der Waals surface area contributed by atoms with E-state index in [1.807, 2.05) is 6.92 Å². The Morgan fingerprint density at radius 3 is 2.60 bits per heavy atom. The number of aromatic nitrogens is 1. The Hall–Kier alpha value is -2.91. The van der Waals surface area contributed by atoms with Crippen molar-refractivity contribution >= 4 is 37.5 Å². The van der Waals surface area contributed by atoms with Crippen LogP contribution in [0, 0.1) is 0 Å². The minimum atomic E-state index is -3.76. The molecule has 0 saturated carbocycles. The molecule has 30 heavy (non-hydrogen) atoms. The van der Waals surface area contributed by atoms with E-state index in [0.29, 0.717) is 23.5 Å². The van der Waals surface area contributed by atoms with Gasteiger partial charge in [0.25, 0.3) is 15.9 Å². The van der Waals surface area contributed by atoms with Crippen molar-refractivity contribution in [3.05, 3.63) is 76.9 Å². The van der Waals surface area contributed by atoms with Crippen LogP contribution >= 0.6 is 15.9 Å². The van der Waals surface area contributed by atoms with Crippen LogP contribution in [0.25, 0.3) is 0 Å². The first-order chi connectivity index (χ1) is 14.4. The Kier molecular flexibility index (Phi) is 7.07. The number of sulfonamides is 1. The second kappa shape index (κ2) is 9.73. The van der Waals surface area contributed by atoms with Gasteiger partial charge in [-0.25, -0.2) is 13.4 Å². The fraction of sp³-hybridized carbons (Fsp3) is 0.143. The molecular weight excluding hydrogens is 470 g/mol. The topological polar surface area (TPSA) is 97.4 Å². The van der Waals surface area contributed by atoms with Crippen molar-refractivity contribution < 1.29 is 17.9 Å². The SMILES string of the molecule is CCCNC(=O)c1cccnc1Oc1cccc(NS(=O)(=O)c2ccc(Br)cc2)c1. The van der Waals surface area contributed by atoms with Gasteiger partial charge in [-0.2, -0.15) is 0 Å². The standard InChI is InChI=1S/C21H20BrN3O4S/c1-2-12-23-20(26)19-7-4-13-24-21(19)29-17-6-3-5-16(14-17)25-30(27,28)18-10-8-15(22)9-11-18/h3-11,13-14,25H,2,12H2,1H3,(H,23,26). The van der Waals surface area contributed by atoms with Crippen LogP contribution in [0.15, 0.2) is 76.2 Å². The molecule has 0 aliphatic rings. The molecule has 0 unspecified atom stereocenters. The molecule has 1 aromatic heterocycles. The second-order valence-electron chi connectivity index (χ2n) is 6.30. The van der Waals surface area contributed by atoms with E-state index in [1.165, 1.54) is 24.4 Å². The average Bonchev–Trinajstić information content (AvgIpc) is 2.72. The Labute approximate surface area is 183 Å². The van der Waals surface area contributed by atoms with Gasteiger partial charge in [-0.05, 0) is 55.0 Å². The van der Waals surface area contributed by atoms with Crippen molar-refractivity contribution in [3.63, 3.8) is 0 Å². The summed E-state index contributed by atoms with van der Waals surface area (Å²) in [6.45, 7) is 2.50. The molecule has 0 radical (unpaired) electrons. The number of carbonyl (C=O) groups is 1. The lowest BCUT2D eigenvalue weighted by molar-refractivity contribution is 0.0950. The molecule has 0 fully saturated rings. The molecule has 1 amide bonds. The predicted octanol–water partition coefficient (Wildman–Crippen LogP) is 4.58. The van der Waals surface area contributed by atoms with Crippen LogP contribution < -0.4 is 14.8 Å². The molecule has 0 aliphatic carbocycles. The molecule has 1 heterocycles. The minimum Gasteiger partial charge on any atom is -0.438 e. The summed E-state index contributed by atoms with van der Waals surface area (Å²) in [5.74, 6) is 0.195. The lowest BCUT2D eigenvalue weighted by Crippen LogP contribution is -2.24. The van der Waals surface area contributed by atoms with E-state index < -0.39 is 10.0 Å². The molecule has 2 aromatic carbocycles. The number of benzene rings is 2. The van der Waals surface area contributed by atoms with Gasteiger partial charge in [0.2, 0.25) is 5.88 Å². The van der Waals surface area contributed by atoms with Gasteiger partial charge in [-0.15, -0.1) is 0 Å². The van der Waals surface area contributed by atoms with Crippen LogP contribution in [-0.2, 0) is 10.0 Å². The zero-order valence-electron chi connectivity index (χ0n) is 16.1. The molecule has 9 heteroatoms. The summed E-state index contributed by atoms with van der Waals surface area (Å²) in [5.41, 5.74) is 0.620. The third-order valence-corrected chi connectivity index (χ3v) is 5.90. The van der Waals surface area contributed by atoms with E-state index in [1.54, 1.807) is 42.5 Å². The van der Waals surface area contributed by atoms with Gasteiger partial charge in [0.15, 0.2) is 0 Å². The lowest BCUT2D eigenvalue weighted by atomic mass is 10.2. The Morgan fingerprint density at radius 2 is 1.87 bits per heavy atom. The van der Waals surface area contributed by atoms with E-state index in [9.17, 15) is 13.2 Å². The fourth-order valence-electron chi connectivity index (χ4n) is 2.54. The smallest absolute Gasteiger partial charge is 0.261 e. The van der Waals surface area contributed by atoms with Crippen molar-refractivity contribution in [1.82, 2.24) is 10.3 Å². The fourth-order valence-corrected chi connectivity index (χ4v) is 3.86. The molecule has 7 nitrogen and oxygen atoms in total. The summed E-state index contributed by atoms with van der Waals surface area (Å²) in [6, 6.07) is 16.0. The first-order valence-electron chi connectivity index (χ1n) is 9.18. The van der Waals surface area contributed by atoms with Gasteiger partial charge >= 0.3 is 0 Å². The maximum Gasteiger partial charge on any atom is 0.261 e. The summed E-state index contributed by atoms with van der Waals surface area (Å²) in [7, 11) is -3.76. The molecule has 0 spiro atoms. The number of hydrogen-bond donors (Lipinski definition) is 2. The van der Waals surface area contributed by atoms with Gasteiger partial charge in [0.05, 0.1) is 10.6 Å². The van der Waals surface area contributed by atoms with Crippen molar-refractivity contribution in [2.45, 2.75) is 18.2 Å². The Morgan fingerprint density at radius 1 is 1.10 bits per heavy atom. The number of halogens is 1. The number of hydrogen-bond acceptors (Lipinski definition) is 5. The van der Waals surface area contributed by atoms with Gasteiger partial charge in [0, 0.05) is 23.3 Å². The Balaban J connectivity index is 1.80. The summed E-state index contributed by atoms with van der Waals surface area (Å²) in [5, 5.41) is 2.79. The van der Waals surface area contributed by atoms with Crippen LogP contribution in [0.5, 0.6) is 11.6 Å². The lowest BCUT2D eigenvalue weighted by Gasteiger charge is -2.12. The molecule has 0 bridgehead atoms. The van der Waals surface area contributed by atoms with E-state index in [2.05, 4.69) is 31.0 Å². The van der Waals surface area contributed by atoms with Gasteiger partial charge in [-0.3, -0.25) is 9.52 Å². The van der Waals surface area contributed by atoms with Crippen molar-refractivity contribution in [3.8, 4) is 11.6 Å². The minimum absolute atomic E-state index is 0.136. The third kappa shape index (κ3) is 5.58. The summed E-state index contributed by atoms with van der Waals surface area (Å²) in [4.78, 5) is 16.6. The van der Waals surface area contributed by atoms with Crippen molar-refractivity contribution in [2.75, 3.05) is 11.3 Å². The highest BCUT2D eigenvalue weighted by Crippen LogP contribution is 2.27. The first kappa shape index (κ1) is 21.8. The van der Waals surface area contributed by atoms with E-state index in [-0.39, 0.29) is 16.7 Å². The highest BCUT2D eigenvalue weighted by molar-refractivity contribution is 9.10. The zero-order chi connectivity index (χ0) is 21.6. The number of anilines is 1. The number of amides is 1. The van der Waals surface area contributed by atoms with Crippen molar-refractivity contribution in [1.29, 1.82) is 0 Å². The predicted molar refractivity (Wildman–Crippen MR) is 118 cm³/mol. The summed E-state index contributed by atoms with van der Waals surface area (Å²) >= 11 is 3.28. The van der Waals surface area contributed by atoms with E-state index in [0.717, 1.165) is 10.9 Å². The van der Waals surface area contributed by atoms with Gasteiger partial charge in [-0.1, -0.05) is 28.9 Å². The molecule has 3 aromatic rings. The Bertz CT molecular complexity index is 1130. The van der Waals surface area contributed by atoms with E-state index in [4.69, 9.17) is 4.74 Å². The maximum atomic E-state index is 12.6. The molecule has 3 rings (SSSR count). The number of pyridine rings is 1. The zero-order valence-corrected chi connectivity index (χ0v) is 18.5. The molecule has 0 atom stereocenters. The quantitative estimate of drug-likeness (QED) is 0.482. The number of nitrogens with zero attached hydrogens (tertiary/aromatic N) is 1. The first-order valence-corrected chi connectivity index (χ1v) is 11.5. The van der Waals surface area contributed by atoms with Crippen LogP contribution in [0.4, 0.5) is 5.69 Å². The highest BCUT2D eigenvalue weighted by Gasteiger charge is 2.16. The van der Waals surface area contributed by atoms with Gasteiger partial charge < -0.3 is 10.1 Å². The number of rotatable bonds is 8. The number of ether oxygens (including phenoxy) is 1. The van der Waals surface area contributed by atoms with Crippen molar-refractivity contribution in [2.24, 2.45) is 0 Å². The monoisotopic (exact) mass is 489 g/mol. The van der Waals surface area contributed by atoms with Crippen LogP contribution in [0.1, 0.15) is 23.7 Å². The number of nitrogens with one attached hydrogen (secondary N) is 2. The molecule has 0 saturated heterocycles. The van der Waals surface area contributed by atoms with Crippen LogP contribution in [0.2, 0.25) is 0 Å². The number of carbonyl (C=O) groups excluding carboxylic acids is 1. The third-order valence-electron chi connectivity index (χ3n) is 3.98. The molecular formula is C21H20BrN3O4S. The average molecular weight is 490 g/mol.